The van der Waals surface area contributed by atoms with Crippen molar-refractivity contribution in [2.45, 2.75) is 70.4 Å². The molecule has 2 N–H and O–H groups in total. The lowest BCUT2D eigenvalue weighted by atomic mass is 9.79. The number of hydrogen-bond acceptors (Lipinski definition) is 3. The lowest BCUT2D eigenvalue weighted by molar-refractivity contribution is -0.137. The molecule has 2 heterocycles. The zero-order valence-corrected chi connectivity index (χ0v) is 20.3. The number of nitrogens with zero attached hydrogens (tertiary/aromatic N) is 1. The van der Waals surface area contributed by atoms with E-state index in [0.29, 0.717) is 17.3 Å². The van der Waals surface area contributed by atoms with Gasteiger partial charge in [-0.15, -0.1) is 11.3 Å². The van der Waals surface area contributed by atoms with Crippen LogP contribution in [0.1, 0.15) is 51.0 Å². The van der Waals surface area contributed by atoms with E-state index >= 15 is 0 Å². The summed E-state index contributed by atoms with van der Waals surface area (Å²) in [4.78, 5) is 3.30. The Morgan fingerprint density at radius 3 is 2.39 bits per heavy atom. The molecular weight excluding hydrogens is 463 g/mol. The van der Waals surface area contributed by atoms with E-state index in [1.54, 1.807) is 11.3 Å². The van der Waals surface area contributed by atoms with Crippen LogP contribution < -0.4 is 10.6 Å². The van der Waals surface area contributed by atoms with Gasteiger partial charge in [-0.1, -0.05) is 17.7 Å². The van der Waals surface area contributed by atoms with Crippen LogP contribution in [-0.4, -0.2) is 27.1 Å². The minimum absolute atomic E-state index is 0.0146. The molecule has 1 aliphatic rings. The van der Waals surface area contributed by atoms with E-state index < -0.39 is 11.7 Å². The molecule has 0 spiro atoms. The van der Waals surface area contributed by atoms with E-state index in [0.717, 1.165) is 29.9 Å². The van der Waals surface area contributed by atoms with E-state index in [9.17, 15) is 13.2 Å². The summed E-state index contributed by atoms with van der Waals surface area (Å²) in [5, 5.41) is 9.23. The number of halogens is 4. The topological polar surface area (TPSA) is 27.3 Å². The molecule has 0 atom stereocenters. The van der Waals surface area contributed by atoms with Crippen LogP contribution in [0.5, 0.6) is 0 Å². The molecule has 170 valence electrons. The monoisotopic (exact) mass is 489 g/mol. The second-order valence-electron chi connectivity index (χ2n) is 9.28. The largest absolute Gasteiger partial charge is 0.416 e. The average molecular weight is 490 g/mol. The first-order valence-electron chi connectivity index (χ1n) is 10.0. The number of nitrogens with one attached hydrogen (secondary N) is 2. The second kappa shape index (κ2) is 8.89. The fraction of sp³-hybridized carbons (Fsp3) is 0.500. The van der Waals surface area contributed by atoms with Gasteiger partial charge in [-0.3, -0.25) is 0 Å². The van der Waals surface area contributed by atoms with Gasteiger partial charge in [0.05, 0.1) is 22.8 Å². The Balaban J connectivity index is 1.86. The number of piperidine rings is 1. The highest BCUT2D eigenvalue weighted by Crippen LogP contribution is 2.35. The standard InChI is InChI=1S/C22H27ClF3N3S2/c1-20(2)11-15(12-21(3,4)28-20)29(13-16-6-5-9-31-16)19(30)27-18-8-7-14(10-17(18)23)22(24,25)26/h5-10,15,28H,11-13H2,1-4H3,(H,27,30). The van der Waals surface area contributed by atoms with Gasteiger partial charge in [0.1, 0.15) is 0 Å². The Labute approximate surface area is 196 Å². The smallest absolute Gasteiger partial charge is 0.341 e. The Hall–Kier alpha value is -1.35. The third kappa shape index (κ3) is 6.34. The van der Waals surface area contributed by atoms with Crippen LogP contribution in [0.25, 0.3) is 0 Å². The van der Waals surface area contributed by atoms with Gasteiger partial charge >= 0.3 is 6.18 Å². The van der Waals surface area contributed by atoms with E-state index in [1.807, 2.05) is 11.4 Å². The van der Waals surface area contributed by atoms with Crippen LogP contribution in [0.3, 0.4) is 0 Å². The van der Waals surface area contributed by atoms with Crippen molar-refractivity contribution >= 4 is 46.0 Å². The first-order valence-corrected chi connectivity index (χ1v) is 11.7. The molecule has 9 heteroatoms. The van der Waals surface area contributed by atoms with Crippen molar-refractivity contribution in [2.75, 3.05) is 5.32 Å². The minimum atomic E-state index is -4.44. The van der Waals surface area contributed by atoms with Gasteiger partial charge in [-0.25, -0.2) is 0 Å². The summed E-state index contributed by atoms with van der Waals surface area (Å²) >= 11 is 13.6. The molecule has 0 unspecified atom stereocenters. The highest BCUT2D eigenvalue weighted by atomic mass is 35.5. The third-order valence-corrected chi connectivity index (χ3v) is 6.83. The Morgan fingerprint density at radius 2 is 1.87 bits per heavy atom. The Bertz CT molecular complexity index is 911. The van der Waals surface area contributed by atoms with E-state index in [1.165, 1.54) is 6.07 Å². The molecule has 2 aromatic rings. The molecule has 1 aromatic heterocycles. The molecule has 1 saturated heterocycles. The summed E-state index contributed by atoms with van der Waals surface area (Å²) < 4.78 is 38.9. The molecule has 0 amide bonds. The van der Waals surface area contributed by atoms with Crippen LogP contribution in [0.2, 0.25) is 5.02 Å². The summed E-state index contributed by atoms with van der Waals surface area (Å²) in [7, 11) is 0. The van der Waals surface area contributed by atoms with Gasteiger partial charge < -0.3 is 15.5 Å². The Kier molecular flexibility index (Phi) is 6.96. The van der Waals surface area contributed by atoms with Crippen LogP contribution in [0, 0.1) is 0 Å². The van der Waals surface area contributed by atoms with Crippen LogP contribution >= 0.6 is 35.2 Å². The van der Waals surface area contributed by atoms with Gasteiger partial charge in [-0.05, 0) is 82.4 Å². The summed E-state index contributed by atoms with van der Waals surface area (Å²) in [6.07, 6.45) is -2.69. The predicted molar refractivity (Wildman–Crippen MR) is 127 cm³/mol. The highest BCUT2D eigenvalue weighted by molar-refractivity contribution is 7.80. The van der Waals surface area contributed by atoms with Gasteiger partial charge in [-0.2, -0.15) is 13.2 Å². The quantitative estimate of drug-likeness (QED) is 0.455. The maximum absolute atomic E-state index is 13.0. The molecule has 1 aromatic carbocycles. The van der Waals surface area contributed by atoms with Gasteiger partial charge in [0, 0.05) is 22.0 Å². The molecule has 0 bridgehead atoms. The number of rotatable bonds is 4. The van der Waals surface area contributed by atoms with Crippen molar-refractivity contribution in [1.82, 2.24) is 10.2 Å². The maximum atomic E-state index is 13.0. The molecule has 1 fully saturated rings. The first-order chi connectivity index (χ1) is 14.3. The normalized spacial score (nSPS) is 18.6. The van der Waals surface area contributed by atoms with Gasteiger partial charge in [0.25, 0.3) is 0 Å². The summed E-state index contributed by atoms with van der Waals surface area (Å²) in [6.45, 7) is 9.32. The van der Waals surface area contributed by atoms with Crippen molar-refractivity contribution in [3.8, 4) is 0 Å². The summed E-state index contributed by atoms with van der Waals surface area (Å²) in [5.74, 6) is 0. The number of anilines is 1. The molecule has 0 radical (unpaired) electrons. The highest BCUT2D eigenvalue weighted by Gasteiger charge is 2.40. The van der Waals surface area contributed by atoms with Crippen molar-refractivity contribution < 1.29 is 13.2 Å². The molecular formula is C22H27ClF3N3S2. The fourth-order valence-corrected chi connectivity index (χ4v) is 5.66. The zero-order chi connectivity index (χ0) is 23.0. The van der Waals surface area contributed by atoms with Crippen LogP contribution in [-0.2, 0) is 12.7 Å². The van der Waals surface area contributed by atoms with Gasteiger partial charge in [0.2, 0.25) is 0 Å². The lowest BCUT2D eigenvalue weighted by Gasteiger charge is -2.50. The van der Waals surface area contributed by atoms with Crippen molar-refractivity contribution in [1.29, 1.82) is 0 Å². The summed E-state index contributed by atoms with van der Waals surface area (Å²) in [5.41, 5.74) is -0.585. The fourth-order valence-electron chi connectivity index (χ4n) is 4.41. The van der Waals surface area contributed by atoms with Crippen molar-refractivity contribution in [3.05, 3.63) is 51.2 Å². The number of alkyl halides is 3. The molecule has 3 rings (SSSR count). The number of thiocarbonyl (C=S) groups is 1. The molecule has 0 saturated carbocycles. The van der Waals surface area contributed by atoms with E-state index in [4.69, 9.17) is 23.8 Å². The SMILES string of the molecule is CC1(C)CC(N(Cc2cccs2)C(=S)Nc2ccc(C(F)(F)F)cc2Cl)CC(C)(C)N1. The van der Waals surface area contributed by atoms with Crippen molar-refractivity contribution in [2.24, 2.45) is 0 Å². The first kappa shape index (κ1) is 24.3. The third-order valence-electron chi connectivity index (χ3n) is 5.31. The molecule has 1 aliphatic heterocycles. The molecule has 0 aliphatic carbocycles. The minimum Gasteiger partial charge on any atom is -0.341 e. The Morgan fingerprint density at radius 1 is 1.23 bits per heavy atom. The van der Waals surface area contributed by atoms with Crippen LogP contribution in [0.4, 0.5) is 18.9 Å². The zero-order valence-electron chi connectivity index (χ0n) is 17.9. The average Bonchev–Trinajstić information content (AvgIpc) is 3.11. The van der Waals surface area contributed by atoms with E-state index in [2.05, 4.69) is 49.3 Å². The number of thiophene rings is 1. The molecule has 31 heavy (non-hydrogen) atoms. The molecule has 3 nitrogen and oxygen atoms in total. The lowest BCUT2D eigenvalue weighted by Crippen LogP contribution is -2.63. The van der Waals surface area contributed by atoms with E-state index in [-0.39, 0.29) is 22.1 Å². The predicted octanol–water partition coefficient (Wildman–Crippen LogP) is 6.93. The number of benzene rings is 1. The van der Waals surface area contributed by atoms with Gasteiger partial charge in [0.15, 0.2) is 5.11 Å². The second-order valence-corrected chi connectivity index (χ2v) is 11.1. The maximum Gasteiger partial charge on any atom is 0.416 e. The van der Waals surface area contributed by atoms with Crippen LogP contribution in [0.15, 0.2) is 35.7 Å². The van der Waals surface area contributed by atoms with Crippen molar-refractivity contribution in [3.63, 3.8) is 0 Å². The number of hydrogen-bond donors (Lipinski definition) is 2. The summed E-state index contributed by atoms with van der Waals surface area (Å²) in [6, 6.07) is 7.48.